The maximum Gasteiger partial charge on any atom is 0.490 e. The molecule has 0 saturated carbocycles. The third kappa shape index (κ3) is 6.68. The van der Waals surface area contributed by atoms with E-state index < -0.39 is 30.8 Å². The molecule has 3 N–H and O–H groups in total. The monoisotopic (exact) mass is 558 g/mol. The second kappa shape index (κ2) is 11.4. The highest BCUT2D eigenvalue weighted by atomic mass is 35.5. The number of nitrogens with zero attached hydrogens (tertiary/aromatic N) is 1. The maximum absolute atomic E-state index is 12.2. The van der Waals surface area contributed by atoms with Gasteiger partial charge in [0.1, 0.15) is 24.2 Å². The Morgan fingerprint density at radius 1 is 1.18 bits per heavy atom. The summed E-state index contributed by atoms with van der Waals surface area (Å²) < 4.78 is 52.4. The van der Waals surface area contributed by atoms with Crippen LogP contribution >= 0.6 is 11.6 Å². The zero-order valence-electron chi connectivity index (χ0n) is 20.1. The standard InChI is InChI=1S/C25H26ClF3N2O7/c26-16-1-3-19-15(9-16)12-38-24(19)5-7-31(8-6-24)11-18(33)13-36-21-10-17(32)2-4-20(21)30-22(34)14-37-23(35)25(27,28)29/h1-4,9-10,18,32-33H,5-8,11-14H2,(H,30,34)/t18-/m1/s1. The number of fused-ring (bicyclic) bond motifs is 2. The van der Waals surface area contributed by atoms with Gasteiger partial charge in [0.2, 0.25) is 0 Å². The first-order chi connectivity index (χ1) is 17.9. The van der Waals surface area contributed by atoms with Crippen LogP contribution in [-0.2, 0) is 31.3 Å². The Kier molecular flexibility index (Phi) is 8.36. The van der Waals surface area contributed by atoms with Crippen molar-refractivity contribution in [2.45, 2.75) is 37.3 Å². The molecule has 2 aliphatic rings. The molecule has 0 radical (unpaired) electrons. The van der Waals surface area contributed by atoms with Crippen LogP contribution in [0.2, 0.25) is 5.02 Å². The number of phenols is 1. The van der Waals surface area contributed by atoms with Gasteiger partial charge in [-0.05, 0) is 48.2 Å². The summed E-state index contributed by atoms with van der Waals surface area (Å²) >= 11 is 6.10. The van der Waals surface area contributed by atoms with Gasteiger partial charge in [-0.3, -0.25) is 4.79 Å². The number of hydrogen-bond donors (Lipinski definition) is 3. The van der Waals surface area contributed by atoms with Crippen LogP contribution in [0.4, 0.5) is 18.9 Å². The lowest BCUT2D eigenvalue weighted by atomic mass is 9.84. The van der Waals surface area contributed by atoms with Crippen molar-refractivity contribution in [3.63, 3.8) is 0 Å². The van der Waals surface area contributed by atoms with Crippen molar-refractivity contribution in [2.24, 2.45) is 0 Å². The molecule has 0 bridgehead atoms. The number of hydrogen-bond acceptors (Lipinski definition) is 8. The van der Waals surface area contributed by atoms with Gasteiger partial charge in [0.25, 0.3) is 5.91 Å². The first-order valence-electron chi connectivity index (χ1n) is 11.8. The molecular weight excluding hydrogens is 533 g/mol. The number of anilines is 1. The Hall–Kier alpha value is -3.06. The second-order valence-corrected chi connectivity index (χ2v) is 9.59. The molecule has 206 valence electrons. The number of esters is 1. The highest BCUT2D eigenvalue weighted by molar-refractivity contribution is 6.30. The number of halogens is 4. The van der Waals surface area contributed by atoms with E-state index in [-0.39, 0.29) is 29.4 Å². The predicted octanol–water partition coefficient (Wildman–Crippen LogP) is 3.35. The number of aliphatic hydroxyl groups is 1. The fourth-order valence-corrected chi connectivity index (χ4v) is 4.79. The average molecular weight is 559 g/mol. The van der Waals surface area contributed by atoms with E-state index >= 15 is 0 Å². The normalized spacial score (nSPS) is 17.6. The van der Waals surface area contributed by atoms with Crippen LogP contribution < -0.4 is 10.1 Å². The Bertz CT molecular complexity index is 1190. The van der Waals surface area contributed by atoms with Gasteiger partial charge in [-0.2, -0.15) is 13.2 Å². The highest BCUT2D eigenvalue weighted by Gasteiger charge is 2.43. The van der Waals surface area contributed by atoms with Gasteiger partial charge in [-0.1, -0.05) is 17.7 Å². The molecule has 2 heterocycles. The molecule has 13 heteroatoms. The van der Waals surface area contributed by atoms with Crippen LogP contribution in [0.15, 0.2) is 36.4 Å². The number of β-amino-alcohol motifs (C(OH)–C–C–N with tert-alkyl or cyclic N) is 1. The Morgan fingerprint density at radius 3 is 2.63 bits per heavy atom. The molecule has 0 aromatic heterocycles. The molecule has 38 heavy (non-hydrogen) atoms. The van der Waals surface area contributed by atoms with Gasteiger partial charge in [-0.15, -0.1) is 0 Å². The van der Waals surface area contributed by atoms with E-state index in [4.69, 9.17) is 21.1 Å². The summed E-state index contributed by atoms with van der Waals surface area (Å²) in [5.41, 5.74) is 1.89. The number of rotatable bonds is 8. The summed E-state index contributed by atoms with van der Waals surface area (Å²) in [6.07, 6.45) is -4.65. The zero-order valence-corrected chi connectivity index (χ0v) is 20.8. The van der Waals surface area contributed by atoms with Crippen molar-refractivity contribution >= 4 is 29.2 Å². The van der Waals surface area contributed by atoms with Crippen molar-refractivity contribution < 1.29 is 47.2 Å². The molecular formula is C25H26ClF3N2O7. The van der Waals surface area contributed by atoms with Crippen LogP contribution in [0.1, 0.15) is 24.0 Å². The number of benzene rings is 2. The molecule has 0 aliphatic carbocycles. The van der Waals surface area contributed by atoms with E-state index in [0.717, 1.165) is 24.0 Å². The van der Waals surface area contributed by atoms with Crippen molar-refractivity contribution in [1.29, 1.82) is 0 Å². The van der Waals surface area contributed by atoms with Gasteiger partial charge in [0.05, 0.1) is 17.9 Å². The quantitative estimate of drug-likeness (QED) is 0.334. The lowest BCUT2D eigenvalue weighted by molar-refractivity contribution is -0.199. The van der Waals surface area contributed by atoms with Gasteiger partial charge in [0, 0.05) is 30.7 Å². The molecule has 1 amide bonds. The summed E-state index contributed by atoms with van der Waals surface area (Å²) in [6.45, 7) is 0.831. The minimum absolute atomic E-state index is 0.0140. The van der Waals surface area contributed by atoms with Crippen LogP contribution in [0.3, 0.4) is 0 Å². The summed E-state index contributed by atoms with van der Waals surface area (Å²) in [4.78, 5) is 24.8. The number of piperidine rings is 1. The number of amides is 1. The maximum atomic E-state index is 12.2. The number of aromatic hydroxyl groups is 1. The van der Waals surface area contributed by atoms with E-state index in [0.29, 0.717) is 31.3 Å². The molecule has 2 aromatic carbocycles. The molecule has 1 spiro atoms. The number of phenolic OH excluding ortho intramolecular Hbond substituents is 1. The molecule has 1 fully saturated rings. The van der Waals surface area contributed by atoms with E-state index in [1.807, 2.05) is 18.2 Å². The molecule has 9 nitrogen and oxygen atoms in total. The number of carbonyl (C=O) groups excluding carboxylic acids is 2. The number of likely N-dealkylation sites (tertiary alicyclic amines) is 1. The summed E-state index contributed by atoms with van der Waals surface area (Å²) in [6, 6.07) is 9.45. The van der Waals surface area contributed by atoms with Crippen LogP contribution in [0, 0.1) is 0 Å². The third-order valence-corrected chi connectivity index (χ3v) is 6.67. The average Bonchev–Trinajstić information content (AvgIpc) is 3.20. The topological polar surface area (TPSA) is 118 Å². The molecule has 2 aromatic rings. The molecule has 4 rings (SSSR count). The lowest BCUT2D eigenvalue weighted by Crippen LogP contribution is -2.46. The van der Waals surface area contributed by atoms with E-state index in [1.54, 1.807) is 0 Å². The number of ether oxygens (including phenoxy) is 3. The first-order valence-corrected chi connectivity index (χ1v) is 12.2. The summed E-state index contributed by atoms with van der Waals surface area (Å²) in [5, 5.41) is 23.2. The number of carbonyl (C=O) groups is 2. The zero-order chi connectivity index (χ0) is 27.5. The van der Waals surface area contributed by atoms with Gasteiger partial charge >= 0.3 is 12.1 Å². The fourth-order valence-electron chi connectivity index (χ4n) is 4.60. The predicted molar refractivity (Wildman–Crippen MR) is 129 cm³/mol. The second-order valence-electron chi connectivity index (χ2n) is 9.15. The van der Waals surface area contributed by atoms with Crippen molar-refractivity contribution in [3.8, 4) is 11.5 Å². The smallest absolute Gasteiger partial charge is 0.490 e. The van der Waals surface area contributed by atoms with Crippen molar-refractivity contribution in [3.05, 3.63) is 52.5 Å². The van der Waals surface area contributed by atoms with Crippen molar-refractivity contribution in [2.75, 3.05) is 38.2 Å². The Morgan fingerprint density at radius 2 is 1.92 bits per heavy atom. The Balaban J connectivity index is 1.27. The molecule has 1 saturated heterocycles. The first kappa shape index (κ1) is 28.0. The molecule has 2 aliphatic heterocycles. The number of nitrogens with one attached hydrogen (secondary N) is 1. The lowest BCUT2D eigenvalue weighted by Gasteiger charge is -2.39. The summed E-state index contributed by atoms with van der Waals surface area (Å²) in [7, 11) is 0. The van der Waals surface area contributed by atoms with Gasteiger partial charge < -0.3 is 34.6 Å². The number of alkyl halides is 3. The van der Waals surface area contributed by atoms with Gasteiger partial charge in [-0.25, -0.2) is 4.79 Å². The summed E-state index contributed by atoms with van der Waals surface area (Å²) in [5.74, 6) is -3.75. The molecule has 1 atom stereocenters. The highest BCUT2D eigenvalue weighted by Crippen LogP contribution is 2.44. The van der Waals surface area contributed by atoms with Crippen LogP contribution in [0.5, 0.6) is 11.5 Å². The largest absolute Gasteiger partial charge is 0.508 e. The third-order valence-electron chi connectivity index (χ3n) is 6.43. The molecule has 0 unspecified atom stereocenters. The van der Waals surface area contributed by atoms with E-state index in [9.17, 15) is 33.0 Å². The minimum atomic E-state index is -5.22. The fraction of sp³-hybridized carbons (Fsp3) is 0.440. The minimum Gasteiger partial charge on any atom is -0.508 e. The van der Waals surface area contributed by atoms with Crippen molar-refractivity contribution in [1.82, 2.24) is 4.90 Å². The van der Waals surface area contributed by atoms with E-state index in [2.05, 4.69) is 15.0 Å². The number of aliphatic hydroxyl groups excluding tert-OH is 1. The Labute approximate surface area is 221 Å². The van der Waals surface area contributed by atoms with Crippen LogP contribution in [0.25, 0.3) is 0 Å². The SMILES string of the molecule is O=C(COC(=O)C(F)(F)F)Nc1ccc(O)cc1OC[C@H](O)CN1CCC2(CC1)OCc1cc(Cl)ccc12. The van der Waals surface area contributed by atoms with Gasteiger partial charge in [0.15, 0.2) is 6.61 Å². The van der Waals surface area contributed by atoms with E-state index in [1.165, 1.54) is 18.2 Å². The van der Waals surface area contributed by atoms with Crippen LogP contribution in [-0.4, -0.2) is 72.1 Å².